The third-order valence-electron chi connectivity index (χ3n) is 2.94. The van der Waals surface area contributed by atoms with E-state index in [1.807, 2.05) is 0 Å². The van der Waals surface area contributed by atoms with Gasteiger partial charge >= 0.3 is 11.9 Å². The van der Waals surface area contributed by atoms with Crippen LogP contribution in [0.15, 0.2) is 24.3 Å². The van der Waals surface area contributed by atoms with Gasteiger partial charge in [-0.05, 0) is 52.7 Å². The van der Waals surface area contributed by atoms with E-state index in [1.165, 1.54) is 6.07 Å². The van der Waals surface area contributed by atoms with E-state index >= 15 is 0 Å². The molecule has 0 unspecified atom stereocenters. The Hall–Kier alpha value is -1.91. The number of hydrogen-bond acceptors (Lipinski definition) is 4. The van der Waals surface area contributed by atoms with E-state index in [9.17, 15) is 14.0 Å². The van der Waals surface area contributed by atoms with Gasteiger partial charge in [-0.1, -0.05) is 18.2 Å². The Bertz CT molecular complexity index is 546. The second kappa shape index (κ2) is 8.09. The summed E-state index contributed by atoms with van der Waals surface area (Å²) in [7, 11) is 0. The summed E-state index contributed by atoms with van der Waals surface area (Å²) in [5.74, 6) is -2.20. The van der Waals surface area contributed by atoms with Gasteiger partial charge in [0.25, 0.3) is 0 Å². The lowest BCUT2D eigenvalue weighted by atomic mass is 9.95. The summed E-state index contributed by atoms with van der Waals surface area (Å²) in [6.07, 6.45) is -0.349. The average Bonchev–Trinajstić information content (AvgIpc) is 2.37. The molecule has 0 radical (unpaired) electrons. The SMILES string of the molecule is CC(C)OC(=O)[C@H](CC(=O)OC(C)(C)C)Cc1ccccc1F. The Labute approximate surface area is 137 Å². The van der Waals surface area contributed by atoms with Crippen LogP contribution in [0.5, 0.6) is 0 Å². The Balaban J connectivity index is 2.87. The van der Waals surface area contributed by atoms with Crippen molar-refractivity contribution < 1.29 is 23.5 Å². The third kappa shape index (κ3) is 7.26. The molecule has 128 valence electrons. The molecule has 0 saturated heterocycles. The first-order chi connectivity index (χ1) is 10.6. The summed E-state index contributed by atoms with van der Waals surface area (Å²) in [6, 6.07) is 6.19. The van der Waals surface area contributed by atoms with Gasteiger partial charge in [0.05, 0.1) is 18.4 Å². The lowest BCUT2D eigenvalue weighted by Crippen LogP contribution is -2.30. The molecule has 0 heterocycles. The van der Waals surface area contributed by atoms with Gasteiger partial charge < -0.3 is 9.47 Å². The third-order valence-corrected chi connectivity index (χ3v) is 2.94. The second-order valence-corrected chi connectivity index (χ2v) is 6.77. The van der Waals surface area contributed by atoms with Crippen LogP contribution >= 0.6 is 0 Å². The van der Waals surface area contributed by atoms with E-state index in [-0.39, 0.29) is 18.9 Å². The average molecular weight is 324 g/mol. The van der Waals surface area contributed by atoms with Gasteiger partial charge in [0.1, 0.15) is 11.4 Å². The number of carbonyl (C=O) groups is 2. The summed E-state index contributed by atoms with van der Waals surface area (Å²) >= 11 is 0. The van der Waals surface area contributed by atoms with Crippen molar-refractivity contribution in [1.29, 1.82) is 0 Å². The van der Waals surface area contributed by atoms with Gasteiger partial charge in [0.2, 0.25) is 0 Å². The number of benzene rings is 1. The lowest BCUT2D eigenvalue weighted by Gasteiger charge is -2.22. The summed E-state index contributed by atoms with van der Waals surface area (Å²) in [6.45, 7) is 8.71. The lowest BCUT2D eigenvalue weighted by molar-refractivity contribution is -0.163. The number of carbonyl (C=O) groups excluding carboxylic acids is 2. The van der Waals surface area contributed by atoms with Gasteiger partial charge in [0, 0.05) is 0 Å². The van der Waals surface area contributed by atoms with Crippen LogP contribution in [0.1, 0.15) is 46.6 Å². The van der Waals surface area contributed by atoms with Gasteiger partial charge in [-0.3, -0.25) is 9.59 Å². The minimum Gasteiger partial charge on any atom is -0.463 e. The molecule has 0 spiro atoms. The normalized spacial score (nSPS) is 12.8. The zero-order chi connectivity index (χ0) is 17.6. The molecule has 1 rings (SSSR count). The first kappa shape index (κ1) is 19.1. The molecule has 0 aliphatic heterocycles. The topological polar surface area (TPSA) is 52.6 Å². The van der Waals surface area contributed by atoms with E-state index in [2.05, 4.69) is 0 Å². The Kier molecular flexibility index (Phi) is 6.73. The quantitative estimate of drug-likeness (QED) is 0.749. The van der Waals surface area contributed by atoms with Gasteiger partial charge in [-0.15, -0.1) is 0 Å². The van der Waals surface area contributed by atoms with Crippen LogP contribution in [0.25, 0.3) is 0 Å². The van der Waals surface area contributed by atoms with Crippen LogP contribution in [-0.2, 0) is 25.5 Å². The van der Waals surface area contributed by atoms with Crippen LogP contribution < -0.4 is 0 Å². The molecule has 0 aromatic heterocycles. The molecule has 0 bridgehead atoms. The van der Waals surface area contributed by atoms with Crippen LogP contribution in [0.2, 0.25) is 0 Å². The van der Waals surface area contributed by atoms with E-state index in [1.54, 1.807) is 52.8 Å². The van der Waals surface area contributed by atoms with Crippen LogP contribution in [0, 0.1) is 11.7 Å². The van der Waals surface area contributed by atoms with Crippen LogP contribution in [0.3, 0.4) is 0 Å². The minimum absolute atomic E-state index is 0.0947. The van der Waals surface area contributed by atoms with Crippen molar-refractivity contribution in [3.63, 3.8) is 0 Å². The Morgan fingerprint density at radius 3 is 2.30 bits per heavy atom. The molecular weight excluding hydrogens is 299 g/mol. The van der Waals surface area contributed by atoms with Crippen molar-refractivity contribution in [2.24, 2.45) is 5.92 Å². The highest BCUT2D eigenvalue weighted by Gasteiger charge is 2.28. The Morgan fingerprint density at radius 2 is 1.78 bits per heavy atom. The molecular formula is C18H25FO4. The molecule has 0 fully saturated rings. The zero-order valence-corrected chi connectivity index (χ0v) is 14.4. The van der Waals surface area contributed by atoms with Crippen LogP contribution in [-0.4, -0.2) is 23.6 Å². The molecule has 4 nitrogen and oxygen atoms in total. The molecule has 1 aromatic rings. The van der Waals surface area contributed by atoms with Crippen molar-refractivity contribution in [2.45, 2.75) is 59.2 Å². The number of hydrogen-bond donors (Lipinski definition) is 0. The van der Waals surface area contributed by atoms with E-state index < -0.39 is 29.3 Å². The molecule has 23 heavy (non-hydrogen) atoms. The van der Waals surface area contributed by atoms with Crippen molar-refractivity contribution in [1.82, 2.24) is 0 Å². The van der Waals surface area contributed by atoms with E-state index in [0.717, 1.165) is 0 Å². The first-order valence-electron chi connectivity index (χ1n) is 7.74. The fourth-order valence-corrected chi connectivity index (χ4v) is 2.08. The molecule has 0 amide bonds. The maximum atomic E-state index is 13.8. The molecule has 0 aliphatic rings. The fraction of sp³-hybridized carbons (Fsp3) is 0.556. The predicted molar refractivity (Wildman–Crippen MR) is 85.3 cm³/mol. The fourth-order valence-electron chi connectivity index (χ4n) is 2.08. The molecule has 0 aliphatic carbocycles. The van der Waals surface area contributed by atoms with Gasteiger partial charge in [-0.25, -0.2) is 4.39 Å². The zero-order valence-electron chi connectivity index (χ0n) is 14.4. The molecule has 0 N–H and O–H groups in total. The van der Waals surface area contributed by atoms with E-state index in [0.29, 0.717) is 5.56 Å². The maximum absolute atomic E-state index is 13.8. The standard InChI is InChI=1S/C18H25FO4/c1-12(2)22-17(21)14(11-16(20)23-18(3,4)5)10-13-8-6-7-9-15(13)19/h6-9,12,14H,10-11H2,1-5H3/t14-/m0/s1. The first-order valence-corrected chi connectivity index (χ1v) is 7.74. The van der Waals surface area contributed by atoms with Crippen molar-refractivity contribution >= 4 is 11.9 Å². The largest absolute Gasteiger partial charge is 0.463 e. The molecule has 1 aromatic carbocycles. The highest BCUT2D eigenvalue weighted by molar-refractivity contribution is 5.80. The monoisotopic (exact) mass is 324 g/mol. The van der Waals surface area contributed by atoms with Gasteiger partial charge in [0.15, 0.2) is 0 Å². The molecule has 1 atom stereocenters. The van der Waals surface area contributed by atoms with Gasteiger partial charge in [-0.2, -0.15) is 0 Å². The highest BCUT2D eigenvalue weighted by Crippen LogP contribution is 2.20. The second-order valence-electron chi connectivity index (χ2n) is 6.77. The highest BCUT2D eigenvalue weighted by atomic mass is 19.1. The smallest absolute Gasteiger partial charge is 0.310 e. The number of ether oxygens (including phenoxy) is 2. The summed E-state index contributed by atoms with van der Waals surface area (Å²) in [5, 5.41) is 0. The van der Waals surface area contributed by atoms with E-state index in [4.69, 9.17) is 9.47 Å². The number of rotatable bonds is 6. The van der Waals surface area contributed by atoms with Crippen molar-refractivity contribution in [3.05, 3.63) is 35.6 Å². The predicted octanol–water partition coefficient (Wildman–Crippen LogP) is 3.67. The van der Waals surface area contributed by atoms with Crippen molar-refractivity contribution in [3.8, 4) is 0 Å². The minimum atomic E-state index is -0.774. The molecule has 0 saturated carbocycles. The van der Waals surface area contributed by atoms with Crippen molar-refractivity contribution in [2.75, 3.05) is 0 Å². The summed E-state index contributed by atoms with van der Waals surface area (Å²) in [4.78, 5) is 24.2. The summed E-state index contributed by atoms with van der Waals surface area (Å²) < 4.78 is 24.3. The molecule has 5 heteroatoms. The maximum Gasteiger partial charge on any atom is 0.310 e. The number of esters is 2. The van der Waals surface area contributed by atoms with Crippen LogP contribution in [0.4, 0.5) is 4.39 Å². The number of halogens is 1. The summed E-state index contributed by atoms with van der Waals surface area (Å²) in [5.41, 5.74) is -0.261. The Morgan fingerprint density at radius 1 is 1.17 bits per heavy atom.